The minimum Gasteiger partial charge on any atom is -0.290 e. The molecule has 3 aliphatic heterocycles. The fourth-order valence-corrected chi connectivity index (χ4v) is 3.46. The molecule has 5 heteroatoms. The van der Waals surface area contributed by atoms with E-state index < -0.39 is 0 Å². The van der Waals surface area contributed by atoms with Crippen LogP contribution in [0.3, 0.4) is 0 Å². The van der Waals surface area contributed by atoms with Crippen LogP contribution in [0, 0.1) is 0 Å². The highest BCUT2D eigenvalue weighted by Crippen LogP contribution is 2.35. The average molecular weight is 238 g/mol. The van der Waals surface area contributed by atoms with Gasteiger partial charge in [0.05, 0.1) is 6.20 Å². The Labute approximate surface area is 101 Å². The van der Waals surface area contributed by atoms with Crippen LogP contribution in [-0.2, 0) is 13.6 Å². The van der Waals surface area contributed by atoms with E-state index in [0.29, 0.717) is 0 Å². The van der Waals surface area contributed by atoms with Crippen LogP contribution >= 0.6 is 11.9 Å². The van der Waals surface area contributed by atoms with E-state index in [-0.39, 0.29) is 0 Å². The third-order valence-electron chi connectivity index (χ3n) is 3.69. The highest BCUT2D eigenvalue weighted by atomic mass is 32.2. The van der Waals surface area contributed by atoms with Crippen molar-refractivity contribution in [2.75, 3.05) is 19.3 Å². The smallest absolute Gasteiger partial charge is 0.0534 e. The number of hydrogen-bond donors (Lipinski definition) is 0. The van der Waals surface area contributed by atoms with Crippen molar-refractivity contribution in [3.05, 3.63) is 18.0 Å². The Hall–Kier alpha value is -0.520. The van der Waals surface area contributed by atoms with Crippen molar-refractivity contribution in [1.82, 2.24) is 19.0 Å². The van der Waals surface area contributed by atoms with E-state index in [9.17, 15) is 0 Å². The van der Waals surface area contributed by atoms with Gasteiger partial charge in [-0.15, -0.1) is 0 Å². The summed E-state index contributed by atoms with van der Waals surface area (Å²) in [5.41, 5.74) is 1.34. The molecule has 3 aliphatic rings. The van der Waals surface area contributed by atoms with Gasteiger partial charge in [-0.3, -0.25) is 9.58 Å². The molecule has 3 saturated heterocycles. The molecule has 2 unspecified atom stereocenters. The van der Waals surface area contributed by atoms with E-state index in [2.05, 4.69) is 26.8 Å². The zero-order chi connectivity index (χ0) is 11.1. The van der Waals surface area contributed by atoms with Gasteiger partial charge in [0.15, 0.2) is 0 Å². The van der Waals surface area contributed by atoms with E-state index in [1.54, 1.807) is 0 Å². The van der Waals surface area contributed by atoms with Crippen LogP contribution in [0.1, 0.15) is 12.0 Å². The van der Waals surface area contributed by atoms with Crippen LogP contribution in [0.15, 0.2) is 12.4 Å². The molecule has 0 aliphatic carbocycles. The minimum absolute atomic E-state index is 0.770. The Balaban J connectivity index is 1.62. The average Bonchev–Trinajstić information content (AvgIpc) is 2.72. The van der Waals surface area contributed by atoms with Gasteiger partial charge in [0, 0.05) is 50.5 Å². The van der Waals surface area contributed by atoms with Crippen LogP contribution in [0.25, 0.3) is 0 Å². The van der Waals surface area contributed by atoms with Gasteiger partial charge in [-0.25, -0.2) is 4.31 Å². The molecule has 0 radical (unpaired) electrons. The van der Waals surface area contributed by atoms with Crippen LogP contribution < -0.4 is 0 Å². The molecule has 3 fully saturated rings. The van der Waals surface area contributed by atoms with Crippen molar-refractivity contribution in [2.45, 2.75) is 25.0 Å². The van der Waals surface area contributed by atoms with Crippen LogP contribution in [0.4, 0.5) is 0 Å². The molecular formula is C11H18N4S. The summed E-state index contributed by atoms with van der Waals surface area (Å²) < 4.78 is 4.37. The molecule has 88 valence electrons. The first-order valence-electron chi connectivity index (χ1n) is 5.78. The second-order valence-electron chi connectivity index (χ2n) is 4.77. The predicted octanol–water partition coefficient (Wildman–Crippen LogP) is 0.957. The van der Waals surface area contributed by atoms with Crippen molar-refractivity contribution in [3.63, 3.8) is 0 Å². The number of hydrogen-bond acceptors (Lipinski definition) is 4. The number of piperazine rings is 1. The minimum atomic E-state index is 0.770. The van der Waals surface area contributed by atoms with Crippen molar-refractivity contribution in [3.8, 4) is 0 Å². The summed E-state index contributed by atoms with van der Waals surface area (Å²) in [5, 5.41) is 4.23. The van der Waals surface area contributed by atoms with E-state index in [1.165, 1.54) is 25.1 Å². The molecule has 16 heavy (non-hydrogen) atoms. The van der Waals surface area contributed by atoms with Crippen LogP contribution in [-0.4, -0.2) is 50.4 Å². The van der Waals surface area contributed by atoms with Crippen LogP contribution in [0.5, 0.6) is 0 Å². The fraction of sp³-hybridized carbons (Fsp3) is 0.727. The lowest BCUT2D eigenvalue weighted by atomic mass is 9.88. The quantitative estimate of drug-likeness (QED) is 0.732. The molecule has 1 aromatic rings. The lowest BCUT2D eigenvalue weighted by Gasteiger charge is -2.55. The first kappa shape index (κ1) is 10.6. The zero-order valence-electron chi connectivity index (χ0n) is 9.83. The van der Waals surface area contributed by atoms with E-state index in [0.717, 1.165) is 18.6 Å². The Morgan fingerprint density at radius 3 is 2.75 bits per heavy atom. The summed E-state index contributed by atoms with van der Waals surface area (Å²) >= 11 is 1.88. The van der Waals surface area contributed by atoms with Gasteiger partial charge in [0.25, 0.3) is 0 Å². The SMILES string of the molecule is CSN1CC2CC(C1)N2Cc1cnn(C)c1. The molecule has 2 atom stereocenters. The van der Waals surface area contributed by atoms with Gasteiger partial charge >= 0.3 is 0 Å². The number of aromatic nitrogens is 2. The lowest BCUT2D eigenvalue weighted by Crippen LogP contribution is -2.66. The van der Waals surface area contributed by atoms with Gasteiger partial charge in [-0.05, 0) is 12.7 Å². The second-order valence-corrected chi connectivity index (χ2v) is 5.65. The zero-order valence-corrected chi connectivity index (χ0v) is 10.7. The number of aryl methyl sites for hydroxylation is 1. The summed E-state index contributed by atoms with van der Waals surface area (Å²) in [5.74, 6) is 0. The maximum absolute atomic E-state index is 4.23. The molecule has 1 aromatic heterocycles. The molecule has 0 N–H and O–H groups in total. The third-order valence-corrected chi connectivity index (χ3v) is 4.51. The number of nitrogens with zero attached hydrogens (tertiary/aromatic N) is 4. The summed E-state index contributed by atoms with van der Waals surface area (Å²) in [6.07, 6.45) is 7.67. The highest BCUT2D eigenvalue weighted by Gasteiger charge is 2.44. The summed E-state index contributed by atoms with van der Waals surface area (Å²) in [7, 11) is 1.98. The predicted molar refractivity (Wildman–Crippen MR) is 66.0 cm³/mol. The summed E-state index contributed by atoms with van der Waals surface area (Å²) in [4.78, 5) is 2.63. The van der Waals surface area contributed by atoms with Gasteiger partial charge in [-0.2, -0.15) is 5.10 Å². The number of rotatable bonds is 3. The highest BCUT2D eigenvalue weighted by molar-refractivity contribution is 7.96. The maximum Gasteiger partial charge on any atom is 0.0534 e. The van der Waals surface area contributed by atoms with Gasteiger partial charge in [0.1, 0.15) is 0 Å². The lowest BCUT2D eigenvalue weighted by molar-refractivity contribution is -0.0469. The molecular weight excluding hydrogens is 220 g/mol. The summed E-state index contributed by atoms with van der Waals surface area (Å²) in [6, 6.07) is 1.54. The van der Waals surface area contributed by atoms with Crippen LogP contribution in [0.2, 0.25) is 0 Å². The molecule has 4 heterocycles. The third kappa shape index (κ3) is 1.77. The Bertz CT molecular complexity index is 366. The fourth-order valence-electron chi connectivity index (χ4n) is 2.82. The van der Waals surface area contributed by atoms with Gasteiger partial charge < -0.3 is 0 Å². The maximum atomic E-state index is 4.23. The van der Waals surface area contributed by atoms with Crippen molar-refractivity contribution in [2.24, 2.45) is 7.05 Å². The number of piperidine rings is 1. The summed E-state index contributed by atoms with van der Waals surface area (Å²) in [6.45, 7) is 3.52. The standard InChI is InChI=1S/C11H18N4S/c1-13-5-9(4-12-13)6-15-10-3-11(15)8-14(7-10)16-2/h4-5,10-11H,3,6-8H2,1-2H3. The Morgan fingerprint density at radius 1 is 1.44 bits per heavy atom. The molecule has 0 spiro atoms. The van der Waals surface area contributed by atoms with Gasteiger partial charge in [-0.1, -0.05) is 11.9 Å². The molecule has 0 saturated carbocycles. The first-order valence-corrected chi connectivity index (χ1v) is 6.97. The monoisotopic (exact) mass is 238 g/mol. The van der Waals surface area contributed by atoms with Crippen molar-refractivity contribution in [1.29, 1.82) is 0 Å². The normalized spacial score (nSPS) is 30.4. The molecule has 4 nitrogen and oxygen atoms in total. The Kier molecular flexibility index (Phi) is 2.69. The molecule has 4 rings (SSSR count). The molecule has 0 aromatic carbocycles. The first-order chi connectivity index (χ1) is 7.76. The largest absolute Gasteiger partial charge is 0.290 e. The second kappa shape index (κ2) is 4.05. The van der Waals surface area contributed by atoms with Crippen molar-refractivity contribution < 1.29 is 0 Å². The Morgan fingerprint density at radius 2 is 2.19 bits per heavy atom. The van der Waals surface area contributed by atoms with E-state index in [1.807, 2.05) is 29.9 Å². The van der Waals surface area contributed by atoms with Gasteiger partial charge in [0.2, 0.25) is 0 Å². The van der Waals surface area contributed by atoms with Crippen molar-refractivity contribution >= 4 is 11.9 Å². The molecule has 0 amide bonds. The molecule has 2 bridgehead atoms. The van der Waals surface area contributed by atoms with E-state index >= 15 is 0 Å². The number of fused-ring (bicyclic) bond motifs is 2. The van der Waals surface area contributed by atoms with E-state index in [4.69, 9.17) is 0 Å². The topological polar surface area (TPSA) is 24.3 Å².